The van der Waals surface area contributed by atoms with Gasteiger partial charge in [-0.3, -0.25) is 9.59 Å². The Hall–Kier alpha value is -1.68. The molecule has 4 heteroatoms. The third-order valence-electron chi connectivity index (χ3n) is 4.37. The summed E-state index contributed by atoms with van der Waals surface area (Å²) in [7, 11) is 0. The third-order valence-corrected chi connectivity index (χ3v) is 4.37. The molecule has 1 amide bonds. The average molecular weight is 272 g/mol. The zero-order valence-corrected chi connectivity index (χ0v) is 11.5. The van der Waals surface area contributed by atoms with Gasteiger partial charge in [-0.1, -0.05) is 6.07 Å². The molecule has 1 aromatic rings. The monoisotopic (exact) mass is 272 g/mol. The van der Waals surface area contributed by atoms with Crippen LogP contribution in [0.25, 0.3) is 0 Å². The van der Waals surface area contributed by atoms with Gasteiger partial charge in [0, 0.05) is 29.6 Å². The summed E-state index contributed by atoms with van der Waals surface area (Å²) in [6.07, 6.45) is 5.03. The van der Waals surface area contributed by atoms with E-state index in [0.717, 1.165) is 48.9 Å². The molecule has 3 rings (SSSR count). The van der Waals surface area contributed by atoms with Gasteiger partial charge in [-0.2, -0.15) is 0 Å². The van der Waals surface area contributed by atoms with Gasteiger partial charge < -0.3 is 11.1 Å². The van der Waals surface area contributed by atoms with E-state index in [1.165, 1.54) is 0 Å². The van der Waals surface area contributed by atoms with E-state index in [-0.39, 0.29) is 23.7 Å². The number of carbonyl (C=O) groups is 2. The molecule has 20 heavy (non-hydrogen) atoms. The van der Waals surface area contributed by atoms with E-state index < -0.39 is 0 Å². The summed E-state index contributed by atoms with van der Waals surface area (Å²) in [6.45, 7) is 0. The summed E-state index contributed by atoms with van der Waals surface area (Å²) < 4.78 is 0. The summed E-state index contributed by atoms with van der Waals surface area (Å²) in [4.78, 5) is 24.1. The van der Waals surface area contributed by atoms with Crippen molar-refractivity contribution in [1.82, 2.24) is 0 Å². The Morgan fingerprint density at radius 2 is 2.10 bits per heavy atom. The van der Waals surface area contributed by atoms with Crippen molar-refractivity contribution in [1.29, 1.82) is 0 Å². The number of anilines is 1. The van der Waals surface area contributed by atoms with Crippen LogP contribution in [0.4, 0.5) is 5.69 Å². The van der Waals surface area contributed by atoms with Crippen LogP contribution in [-0.2, 0) is 11.2 Å². The Kier molecular flexibility index (Phi) is 3.57. The standard InChI is InChI=1S/C16H20N2O2/c17-12-6-4-11(8-12)16(20)18-13-7-5-10-2-1-3-15(19)14(10)9-13/h5,7,9,11-12H,1-4,6,8,17H2,(H,18,20). The van der Waals surface area contributed by atoms with Crippen LogP contribution in [0, 0.1) is 5.92 Å². The lowest BCUT2D eigenvalue weighted by Gasteiger charge is -2.17. The smallest absolute Gasteiger partial charge is 0.227 e. The molecular formula is C16H20N2O2. The Balaban J connectivity index is 1.73. The second kappa shape index (κ2) is 5.37. The Bertz CT molecular complexity index is 553. The van der Waals surface area contributed by atoms with Gasteiger partial charge in [0.1, 0.15) is 0 Å². The first-order valence-electron chi connectivity index (χ1n) is 7.36. The molecule has 1 fully saturated rings. The van der Waals surface area contributed by atoms with Gasteiger partial charge in [0.25, 0.3) is 0 Å². The number of aryl methyl sites for hydroxylation is 1. The van der Waals surface area contributed by atoms with Crippen LogP contribution < -0.4 is 11.1 Å². The number of fused-ring (bicyclic) bond motifs is 1. The van der Waals surface area contributed by atoms with Gasteiger partial charge >= 0.3 is 0 Å². The largest absolute Gasteiger partial charge is 0.328 e. The quantitative estimate of drug-likeness (QED) is 0.867. The van der Waals surface area contributed by atoms with E-state index in [9.17, 15) is 9.59 Å². The van der Waals surface area contributed by atoms with E-state index in [0.29, 0.717) is 6.42 Å². The second-order valence-corrected chi connectivity index (χ2v) is 5.91. The van der Waals surface area contributed by atoms with E-state index in [1.807, 2.05) is 18.2 Å². The molecule has 4 nitrogen and oxygen atoms in total. The third kappa shape index (κ3) is 2.61. The van der Waals surface area contributed by atoms with Gasteiger partial charge in [-0.15, -0.1) is 0 Å². The molecule has 2 aliphatic rings. The number of hydrogen-bond acceptors (Lipinski definition) is 3. The van der Waals surface area contributed by atoms with E-state index in [1.54, 1.807) is 0 Å². The lowest BCUT2D eigenvalue weighted by atomic mass is 9.90. The molecule has 2 unspecified atom stereocenters. The summed E-state index contributed by atoms with van der Waals surface area (Å²) in [5.74, 6) is 0.225. The molecule has 0 aliphatic heterocycles. The van der Waals surface area contributed by atoms with Gasteiger partial charge in [0.05, 0.1) is 0 Å². The summed E-state index contributed by atoms with van der Waals surface area (Å²) in [5, 5.41) is 2.93. The highest BCUT2D eigenvalue weighted by Crippen LogP contribution is 2.27. The highest BCUT2D eigenvalue weighted by Gasteiger charge is 2.28. The van der Waals surface area contributed by atoms with Crippen LogP contribution in [-0.4, -0.2) is 17.7 Å². The van der Waals surface area contributed by atoms with Crippen molar-refractivity contribution in [2.75, 3.05) is 5.32 Å². The van der Waals surface area contributed by atoms with E-state index in [4.69, 9.17) is 5.73 Å². The SMILES string of the molecule is NC1CCC(C(=O)Nc2ccc3c(c2)C(=O)CCC3)C1. The maximum absolute atomic E-state index is 12.2. The van der Waals surface area contributed by atoms with Crippen molar-refractivity contribution < 1.29 is 9.59 Å². The molecule has 0 heterocycles. The molecule has 0 spiro atoms. The van der Waals surface area contributed by atoms with Crippen LogP contribution in [0.2, 0.25) is 0 Å². The zero-order valence-electron chi connectivity index (χ0n) is 11.5. The predicted molar refractivity (Wildman–Crippen MR) is 77.7 cm³/mol. The van der Waals surface area contributed by atoms with Gasteiger partial charge in [-0.05, 0) is 49.8 Å². The minimum absolute atomic E-state index is 0.0109. The van der Waals surface area contributed by atoms with Crippen molar-refractivity contribution in [3.8, 4) is 0 Å². The van der Waals surface area contributed by atoms with Crippen molar-refractivity contribution in [2.24, 2.45) is 11.7 Å². The first-order chi connectivity index (χ1) is 9.63. The topological polar surface area (TPSA) is 72.2 Å². The van der Waals surface area contributed by atoms with Crippen LogP contribution >= 0.6 is 0 Å². The number of benzene rings is 1. The van der Waals surface area contributed by atoms with Crippen molar-refractivity contribution in [3.05, 3.63) is 29.3 Å². The number of nitrogens with one attached hydrogen (secondary N) is 1. The fourth-order valence-electron chi connectivity index (χ4n) is 3.20. The fraction of sp³-hybridized carbons (Fsp3) is 0.500. The van der Waals surface area contributed by atoms with Gasteiger partial charge in [-0.25, -0.2) is 0 Å². The highest BCUT2D eigenvalue weighted by atomic mass is 16.2. The Labute approximate surface area is 118 Å². The minimum atomic E-state index is 0.0109. The molecule has 0 aromatic heterocycles. The average Bonchev–Trinajstić information content (AvgIpc) is 2.86. The minimum Gasteiger partial charge on any atom is -0.328 e. The Morgan fingerprint density at radius 1 is 1.25 bits per heavy atom. The first kappa shape index (κ1) is 13.3. The van der Waals surface area contributed by atoms with Crippen molar-refractivity contribution in [3.63, 3.8) is 0 Å². The number of amides is 1. The number of hydrogen-bond donors (Lipinski definition) is 2. The highest BCUT2D eigenvalue weighted by molar-refractivity contribution is 6.00. The van der Waals surface area contributed by atoms with E-state index >= 15 is 0 Å². The van der Waals surface area contributed by atoms with Crippen molar-refractivity contribution >= 4 is 17.4 Å². The number of Topliss-reactive ketones (excluding diaryl/α,β-unsaturated/α-hetero) is 1. The maximum atomic E-state index is 12.2. The molecule has 106 valence electrons. The summed E-state index contributed by atoms with van der Waals surface area (Å²) in [6, 6.07) is 5.83. The second-order valence-electron chi connectivity index (χ2n) is 5.91. The first-order valence-corrected chi connectivity index (χ1v) is 7.36. The fourth-order valence-corrected chi connectivity index (χ4v) is 3.20. The van der Waals surface area contributed by atoms with Gasteiger partial charge in [0.2, 0.25) is 5.91 Å². The maximum Gasteiger partial charge on any atom is 0.227 e. The lowest BCUT2D eigenvalue weighted by molar-refractivity contribution is -0.119. The number of rotatable bonds is 2. The van der Waals surface area contributed by atoms with Crippen LogP contribution in [0.1, 0.15) is 48.0 Å². The predicted octanol–water partition coefficient (Wildman–Crippen LogP) is 2.27. The number of carbonyl (C=O) groups excluding carboxylic acids is 2. The van der Waals surface area contributed by atoms with Crippen LogP contribution in [0.5, 0.6) is 0 Å². The van der Waals surface area contributed by atoms with Crippen LogP contribution in [0.3, 0.4) is 0 Å². The molecule has 0 bridgehead atoms. The normalized spacial score (nSPS) is 25.4. The number of nitrogens with two attached hydrogens (primary N) is 1. The zero-order chi connectivity index (χ0) is 14.1. The molecule has 0 saturated heterocycles. The summed E-state index contributed by atoms with van der Waals surface area (Å²) >= 11 is 0. The molecule has 1 saturated carbocycles. The lowest BCUT2D eigenvalue weighted by Crippen LogP contribution is -2.23. The van der Waals surface area contributed by atoms with Crippen molar-refractivity contribution in [2.45, 2.75) is 44.6 Å². The number of ketones is 1. The molecule has 3 N–H and O–H groups in total. The molecule has 1 aromatic carbocycles. The van der Waals surface area contributed by atoms with E-state index in [2.05, 4.69) is 5.32 Å². The molecule has 2 aliphatic carbocycles. The molecule has 0 radical (unpaired) electrons. The molecule has 2 atom stereocenters. The Morgan fingerprint density at radius 3 is 2.85 bits per heavy atom. The summed E-state index contributed by atoms with van der Waals surface area (Å²) in [5.41, 5.74) is 8.44. The molecular weight excluding hydrogens is 252 g/mol. The van der Waals surface area contributed by atoms with Crippen LogP contribution in [0.15, 0.2) is 18.2 Å². The van der Waals surface area contributed by atoms with Gasteiger partial charge in [0.15, 0.2) is 5.78 Å².